The second-order valence-corrected chi connectivity index (χ2v) is 4.84. The van der Waals surface area contributed by atoms with Crippen LogP contribution in [0, 0.1) is 0 Å². The normalized spacial score (nSPS) is 15.7. The molecular formula is C15H22N2O. The van der Waals surface area contributed by atoms with Crippen molar-refractivity contribution in [3.8, 4) is 0 Å². The highest BCUT2D eigenvalue weighted by Gasteiger charge is 2.19. The number of para-hydroxylation sites is 1. The van der Waals surface area contributed by atoms with E-state index in [9.17, 15) is 4.79 Å². The summed E-state index contributed by atoms with van der Waals surface area (Å²) in [6, 6.07) is 8.33. The van der Waals surface area contributed by atoms with E-state index in [4.69, 9.17) is 0 Å². The Bertz CT molecular complexity index is 403. The van der Waals surface area contributed by atoms with Gasteiger partial charge in [-0.3, -0.25) is 4.79 Å². The van der Waals surface area contributed by atoms with Gasteiger partial charge in [0.1, 0.15) is 0 Å². The first kappa shape index (κ1) is 13.1. The van der Waals surface area contributed by atoms with E-state index in [2.05, 4.69) is 23.5 Å². The van der Waals surface area contributed by atoms with Gasteiger partial charge >= 0.3 is 0 Å². The maximum atomic E-state index is 12.3. The lowest BCUT2D eigenvalue weighted by molar-refractivity contribution is -0.118. The fourth-order valence-corrected chi connectivity index (χ4v) is 2.49. The molecule has 2 rings (SSSR count). The third kappa shape index (κ3) is 3.10. The summed E-state index contributed by atoms with van der Waals surface area (Å²) in [5, 5.41) is 3.04. The Labute approximate surface area is 109 Å². The van der Waals surface area contributed by atoms with Crippen LogP contribution in [0.2, 0.25) is 0 Å². The average molecular weight is 246 g/mol. The number of hydrogen-bond acceptors (Lipinski definition) is 2. The summed E-state index contributed by atoms with van der Waals surface area (Å²) in [4.78, 5) is 14.2. The van der Waals surface area contributed by atoms with Gasteiger partial charge in [-0.25, -0.2) is 0 Å². The molecule has 1 heterocycles. The minimum absolute atomic E-state index is 0.235. The first-order valence-electron chi connectivity index (χ1n) is 6.86. The van der Waals surface area contributed by atoms with Gasteiger partial charge in [-0.15, -0.1) is 0 Å². The molecule has 0 saturated carbocycles. The quantitative estimate of drug-likeness (QED) is 0.888. The van der Waals surface area contributed by atoms with Crippen LogP contribution < -0.4 is 10.2 Å². The predicted octanol–water partition coefficient (Wildman–Crippen LogP) is 2.36. The van der Waals surface area contributed by atoms with Gasteiger partial charge in [0.25, 0.3) is 0 Å². The fourth-order valence-electron chi connectivity index (χ4n) is 2.49. The fraction of sp³-hybridized carbons (Fsp3) is 0.533. The first-order chi connectivity index (χ1) is 8.83. The standard InChI is InChI=1S/C15H22N2O/c1-16-11-10-15(18)17-12-6-2-3-7-13-8-4-5-9-14(13)17/h4-5,8-9,16H,2-3,6-7,10-12H2,1H3. The smallest absolute Gasteiger partial charge is 0.228 e. The maximum absolute atomic E-state index is 12.3. The molecule has 1 aliphatic heterocycles. The van der Waals surface area contributed by atoms with Crippen LogP contribution in [0.5, 0.6) is 0 Å². The number of carbonyl (C=O) groups is 1. The van der Waals surface area contributed by atoms with Gasteiger partial charge in [0, 0.05) is 25.2 Å². The molecule has 1 aliphatic rings. The summed E-state index contributed by atoms with van der Waals surface area (Å²) in [6.07, 6.45) is 5.22. The maximum Gasteiger partial charge on any atom is 0.228 e. The minimum atomic E-state index is 0.235. The third-order valence-electron chi connectivity index (χ3n) is 3.50. The summed E-state index contributed by atoms with van der Waals surface area (Å²) in [7, 11) is 1.88. The van der Waals surface area contributed by atoms with Crippen LogP contribution in [0.3, 0.4) is 0 Å². The van der Waals surface area contributed by atoms with Gasteiger partial charge in [0.05, 0.1) is 0 Å². The minimum Gasteiger partial charge on any atom is -0.319 e. The first-order valence-corrected chi connectivity index (χ1v) is 6.86. The number of amides is 1. The highest BCUT2D eigenvalue weighted by molar-refractivity contribution is 5.94. The number of carbonyl (C=O) groups excluding carboxylic acids is 1. The van der Waals surface area contributed by atoms with E-state index < -0.39 is 0 Å². The molecule has 18 heavy (non-hydrogen) atoms. The second-order valence-electron chi connectivity index (χ2n) is 4.84. The van der Waals surface area contributed by atoms with Crippen molar-refractivity contribution in [2.24, 2.45) is 0 Å². The number of nitrogens with one attached hydrogen (secondary N) is 1. The van der Waals surface area contributed by atoms with Crippen molar-refractivity contribution in [3.05, 3.63) is 29.8 Å². The van der Waals surface area contributed by atoms with Gasteiger partial charge in [-0.2, -0.15) is 0 Å². The Morgan fingerprint density at radius 3 is 2.94 bits per heavy atom. The van der Waals surface area contributed by atoms with E-state index in [0.717, 1.165) is 31.6 Å². The van der Waals surface area contributed by atoms with Crippen LogP contribution >= 0.6 is 0 Å². The van der Waals surface area contributed by atoms with Crippen LogP contribution in [0.4, 0.5) is 5.69 Å². The summed E-state index contributed by atoms with van der Waals surface area (Å²) in [6.45, 7) is 1.61. The molecule has 1 aromatic rings. The van der Waals surface area contributed by atoms with Crippen molar-refractivity contribution in [2.75, 3.05) is 25.0 Å². The molecule has 1 N–H and O–H groups in total. The van der Waals surface area contributed by atoms with Gasteiger partial charge in [0.2, 0.25) is 5.91 Å². The van der Waals surface area contributed by atoms with Crippen molar-refractivity contribution >= 4 is 11.6 Å². The number of rotatable bonds is 3. The molecule has 1 amide bonds. The largest absolute Gasteiger partial charge is 0.319 e. The summed E-state index contributed by atoms with van der Waals surface area (Å²) >= 11 is 0. The van der Waals surface area contributed by atoms with Crippen LogP contribution in [0.25, 0.3) is 0 Å². The topological polar surface area (TPSA) is 32.3 Å². The van der Waals surface area contributed by atoms with Crippen molar-refractivity contribution in [1.82, 2.24) is 5.32 Å². The van der Waals surface area contributed by atoms with E-state index in [1.165, 1.54) is 18.4 Å². The second kappa shape index (κ2) is 6.55. The van der Waals surface area contributed by atoms with Crippen LogP contribution in [0.1, 0.15) is 31.2 Å². The molecule has 1 aromatic carbocycles. The van der Waals surface area contributed by atoms with Crippen LogP contribution in [-0.4, -0.2) is 26.0 Å². The molecule has 3 heteroatoms. The van der Waals surface area contributed by atoms with E-state index in [1.54, 1.807) is 0 Å². The molecule has 0 unspecified atom stereocenters. The SMILES string of the molecule is CNCCC(=O)N1CCCCCc2ccccc21. The molecular weight excluding hydrogens is 224 g/mol. The monoisotopic (exact) mass is 246 g/mol. The molecule has 0 bridgehead atoms. The van der Waals surface area contributed by atoms with Gasteiger partial charge in [-0.1, -0.05) is 24.6 Å². The van der Waals surface area contributed by atoms with Crippen molar-refractivity contribution in [2.45, 2.75) is 32.1 Å². The molecule has 98 valence electrons. The Hall–Kier alpha value is -1.35. The molecule has 3 nitrogen and oxygen atoms in total. The molecule has 0 fully saturated rings. The average Bonchev–Trinajstić information content (AvgIpc) is 2.37. The molecule has 0 atom stereocenters. The molecule has 0 saturated heterocycles. The summed E-state index contributed by atoms with van der Waals surface area (Å²) in [5.74, 6) is 0.235. The van der Waals surface area contributed by atoms with E-state index in [0.29, 0.717) is 6.42 Å². The highest BCUT2D eigenvalue weighted by atomic mass is 16.2. The van der Waals surface area contributed by atoms with E-state index in [1.807, 2.05) is 18.0 Å². The van der Waals surface area contributed by atoms with Gasteiger partial charge in [-0.05, 0) is 37.9 Å². The summed E-state index contributed by atoms with van der Waals surface area (Å²) in [5.41, 5.74) is 2.44. The van der Waals surface area contributed by atoms with Crippen LogP contribution in [-0.2, 0) is 11.2 Å². The Morgan fingerprint density at radius 1 is 1.28 bits per heavy atom. The Morgan fingerprint density at radius 2 is 2.11 bits per heavy atom. The third-order valence-corrected chi connectivity index (χ3v) is 3.50. The molecule has 0 radical (unpaired) electrons. The zero-order valence-electron chi connectivity index (χ0n) is 11.1. The van der Waals surface area contributed by atoms with Crippen molar-refractivity contribution < 1.29 is 4.79 Å². The van der Waals surface area contributed by atoms with Gasteiger partial charge in [0.15, 0.2) is 0 Å². The number of anilines is 1. The lowest BCUT2D eigenvalue weighted by Gasteiger charge is -2.27. The number of fused-ring (bicyclic) bond motifs is 1. The zero-order chi connectivity index (χ0) is 12.8. The molecule has 0 aliphatic carbocycles. The number of aryl methyl sites for hydroxylation is 1. The highest BCUT2D eigenvalue weighted by Crippen LogP contribution is 2.25. The summed E-state index contributed by atoms with van der Waals surface area (Å²) < 4.78 is 0. The van der Waals surface area contributed by atoms with E-state index in [-0.39, 0.29) is 5.91 Å². The Kier molecular flexibility index (Phi) is 4.76. The number of hydrogen-bond donors (Lipinski definition) is 1. The van der Waals surface area contributed by atoms with Crippen molar-refractivity contribution in [3.63, 3.8) is 0 Å². The molecule has 0 aromatic heterocycles. The van der Waals surface area contributed by atoms with Gasteiger partial charge < -0.3 is 10.2 Å². The number of nitrogens with zero attached hydrogens (tertiary/aromatic N) is 1. The molecule has 0 spiro atoms. The van der Waals surface area contributed by atoms with E-state index >= 15 is 0 Å². The number of benzene rings is 1. The lowest BCUT2D eigenvalue weighted by atomic mass is 10.0. The Balaban J connectivity index is 2.20. The predicted molar refractivity (Wildman–Crippen MR) is 74.9 cm³/mol. The lowest BCUT2D eigenvalue weighted by Crippen LogP contribution is -2.35. The van der Waals surface area contributed by atoms with Crippen molar-refractivity contribution in [1.29, 1.82) is 0 Å². The van der Waals surface area contributed by atoms with Crippen LogP contribution in [0.15, 0.2) is 24.3 Å². The zero-order valence-corrected chi connectivity index (χ0v) is 11.1.